The van der Waals surface area contributed by atoms with Crippen molar-refractivity contribution in [2.24, 2.45) is 0 Å². The van der Waals surface area contributed by atoms with Crippen molar-refractivity contribution in [2.75, 3.05) is 25.5 Å². The van der Waals surface area contributed by atoms with Gasteiger partial charge in [0.2, 0.25) is 0 Å². The van der Waals surface area contributed by atoms with Crippen LogP contribution in [0.5, 0.6) is 0 Å². The summed E-state index contributed by atoms with van der Waals surface area (Å²) in [6.07, 6.45) is 1.08. The minimum absolute atomic E-state index is 0.629. The molecule has 0 aliphatic carbocycles. The van der Waals surface area contributed by atoms with Crippen LogP contribution in [0.15, 0.2) is 16.6 Å². The zero-order valence-electron chi connectivity index (χ0n) is 9.08. The van der Waals surface area contributed by atoms with Crippen LogP contribution in [0.2, 0.25) is 0 Å². The minimum Gasteiger partial charge on any atom is -0.398 e. The van der Waals surface area contributed by atoms with E-state index < -0.39 is 0 Å². The third-order valence-electron chi connectivity index (χ3n) is 3.53. The van der Waals surface area contributed by atoms with Crippen molar-refractivity contribution in [1.82, 2.24) is 4.90 Å². The Balaban J connectivity index is 1.86. The van der Waals surface area contributed by atoms with Crippen LogP contribution in [0.3, 0.4) is 0 Å². The minimum atomic E-state index is 0.629. The van der Waals surface area contributed by atoms with Crippen LogP contribution >= 0.6 is 15.9 Å². The molecule has 0 saturated carbocycles. The number of anilines is 1. The fraction of sp³-hybridized carbons (Fsp3) is 0.500. The van der Waals surface area contributed by atoms with Gasteiger partial charge in [0, 0.05) is 23.2 Å². The largest absolute Gasteiger partial charge is 0.398 e. The van der Waals surface area contributed by atoms with Gasteiger partial charge in [-0.2, -0.15) is 0 Å². The maximum atomic E-state index is 5.90. The lowest BCUT2D eigenvalue weighted by atomic mass is 9.97. The van der Waals surface area contributed by atoms with Crippen molar-refractivity contribution >= 4 is 21.6 Å². The van der Waals surface area contributed by atoms with E-state index in [2.05, 4.69) is 26.9 Å². The normalized spacial score (nSPS) is 21.6. The van der Waals surface area contributed by atoms with E-state index in [1.54, 1.807) is 0 Å². The van der Waals surface area contributed by atoms with Gasteiger partial charge in [0.1, 0.15) is 0 Å². The van der Waals surface area contributed by atoms with Gasteiger partial charge in [-0.3, -0.25) is 4.90 Å². The zero-order valence-corrected chi connectivity index (χ0v) is 10.7. The molecule has 1 fully saturated rings. The van der Waals surface area contributed by atoms with Crippen molar-refractivity contribution in [3.63, 3.8) is 0 Å². The van der Waals surface area contributed by atoms with E-state index in [9.17, 15) is 0 Å². The molecule has 16 heavy (non-hydrogen) atoms. The van der Waals surface area contributed by atoms with Gasteiger partial charge in [0.05, 0.1) is 19.3 Å². The number of nitrogen functional groups attached to an aromatic ring is 1. The summed E-state index contributed by atoms with van der Waals surface area (Å²) in [5.41, 5.74) is 9.53. The Morgan fingerprint density at radius 2 is 2.19 bits per heavy atom. The van der Waals surface area contributed by atoms with Crippen LogP contribution in [-0.2, 0) is 17.7 Å². The highest BCUT2D eigenvalue weighted by Gasteiger charge is 2.29. The standard InChI is InChI=1S/C12H15BrN2O/c13-12-10-3-4-15(9-6-16-7-9)5-8(10)1-2-11(12)14/h1-2,9H,3-7,14H2. The smallest absolute Gasteiger partial charge is 0.0645 e. The van der Waals surface area contributed by atoms with Crippen LogP contribution in [0.25, 0.3) is 0 Å². The summed E-state index contributed by atoms with van der Waals surface area (Å²) < 4.78 is 6.34. The second-order valence-electron chi connectivity index (χ2n) is 4.52. The number of benzene rings is 1. The highest BCUT2D eigenvalue weighted by atomic mass is 79.9. The summed E-state index contributed by atoms with van der Waals surface area (Å²) in [5, 5.41) is 0. The molecular formula is C12H15BrN2O. The SMILES string of the molecule is Nc1ccc2c(c1Br)CCN(C1COC1)C2. The van der Waals surface area contributed by atoms with Crippen molar-refractivity contribution in [3.05, 3.63) is 27.7 Å². The molecule has 3 rings (SSSR count). The first-order valence-electron chi connectivity index (χ1n) is 5.63. The summed E-state index contributed by atoms with van der Waals surface area (Å²) in [6, 6.07) is 4.77. The van der Waals surface area contributed by atoms with Gasteiger partial charge in [-0.05, 0) is 39.5 Å². The van der Waals surface area contributed by atoms with Gasteiger partial charge in [0.25, 0.3) is 0 Å². The summed E-state index contributed by atoms with van der Waals surface area (Å²) in [5.74, 6) is 0. The van der Waals surface area contributed by atoms with E-state index in [1.807, 2.05) is 6.07 Å². The molecule has 1 aromatic carbocycles. The average molecular weight is 283 g/mol. The number of fused-ring (bicyclic) bond motifs is 1. The Morgan fingerprint density at radius 1 is 1.38 bits per heavy atom. The first-order chi connectivity index (χ1) is 7.75. The molecule has 0 unspecified atom stereocenters. The lowest BCUT2D eigenvalue weighted by molar-refractivity contribution is -0.0695. The predicted octanol–water partition coefficient (Wildman–Crippen LogP) is 1.79. The maximum Gasteiger partial charge on any atom is 0.0645 e. The number of nitrogens with zero attached hydrogens (tertiary/aromatic N) is 1. The van der Waals surface area contributed by atoms with Crippen molar-refractivity contribution < 1.29 is 4.74 Å². The highest BCUT2D eigenvalue weighted by Crippen LogP contribution is 2.32. The Labute approximate surface area is 104 Å². The third kappa shape index (κ3) is 1.65. The number of hydrogen-bond acceptors (Lipinski definition) is 3. The number of nitrogens with two attached hydrogens (primary N) is 1. The molecule has 2 aliphatic heterocycles. The third-order valence-corrected chi connectivity index (χ3v) is 4.47. The van der Waals surface area contributed by atoms with Crippen LogP contribution in [0.4, 0.5) is 5.69 Å². The summed E-state index contributed by atoms with van der Waals surface area (Å²) >= 11 is 3.59. The maximum absolute atomic E-state index is 5.90. The van der Waals surface area contributed by atoms with Gasteiger partial charge in [-0.15, -0.1) is 0 Å². The molecule has 2 heterocycles. The second kappa shape index (κ2) is 4.02. The lowest BCUT2D eigenvalue weighted by Gasteiger charge is -2.40. The van der Waals surface area contributed by atoms with Crippen LogP contribution in [0.1, 0.15) is 11.1 Å². The molecule has 0 aromatic heterocycles. The molecule has 2 aliphatic rings. The molecule has 0 atom stereocenters. The molecule has 0 radical (unpaired) electrons. The molecular weight excluding hydrogens is 268 g/mol. The van der Waals surface area contributed by atoms with Crippen LogP contribution in [0, 0.1) is 0 Å². The summed E-state index contributed by atoms with van der Waals surface area (Å²) in [7, 11) is 0. The first-order valence-corrected chi connectivity index (χ1v) is 6.42. The molecule has 0 spiro atoms. The Hall–Kier alpha value is -0.580. The summed E-state index contributed by atoms with van der Waals surface area (Å²) in [4.78, 5) is 2.51. The van der Waals surface area contributed by atoms with E-state index in [-0.39, 0.29) is 0 Å². The van der Waals surface area contributed by atoms with Crippen LogP contribution in [-0.4, -0.2) is 30.7 Å². The van der Waals surface area contributed by atoms with Crippen molar-refractivity contribution in [3.8, 4) is 0 Å². The fourth-order valence-corrected chi connectivity index (χ4v) is 2.98. The van der Waals surface area contributed by atoms with E-state index in [0.717, 1.165) is 42.9 Å². The van der Waals surface area contributed by atoms with Gasteiger partial charge < -0.3 is 10.5 Å². The van der Waals surface area contributed by atoms with Crippen molar-refractivity contribution in [1.29, 1.82) is 0 Å². The van der Waals surface area contributed by atoms with E-state index in [4.69, 9.17) is 10.5 Å². The summed E-state index contributed by atoms with van der Waals surface area (Å²) in [6.45, 7) is 3.93. The topological polar surface area (TPSA) is 38.5 Å². The first kappa shape index (κ1) is 10.6. The van der Waals surface area contributed by atoms with Crippen LogP contribution < -0.4 is 5.73 Å². The number of ether oxygens (including phenoxy) is 1. The molecule has 86 valence electrons. The number of hydrogen-bond donors (Lipinski definition) is 1. The Bertz CT molecular complexity index is 418. The molecule has 1 aromatic rings. The van der Waals surface area contributed by atoms with Gasteiger partial charge in [-0.25, -0.2) is 0 Å². The molecule has 2 N–H and O–H groups in total. The van der Waals surface area contributed by atoms with E-state index in [0.29, 0.717) is 6.04 Å². The average Bonchev–Trinajstić information content (AvgIpc) is 2.21. The van der Waals surface area contributed by atoms with Gasteiger partial charge in [-0.1, -0.05) is 6.07 Å². The quantitative estimate of drug-likeness (QED) is 0.799. The predicted molar refractivity (Wildman–Crippen MR) is 67.3 cm³/mol. The monoisotopic (exact) mass is 282 g/mol. The lowest BCUT2D eigenvalue weighted by Crippen LogP contribution is -2.50. The Morgan fingerprint density at radius 3 is 2.88 bits per heavy atom. The molecule has 1 saturated heterocycles. The fourth-order valence-electron chi connectivity index (χ4n) is 2.40. The number of rotatable bonds is 1. The second-order valence-corrected chi connectivity index (χ2v) is 5.31. The molecule has 3 nitrogen and oxygen atoms in total. The molecule has 4 heteroatoms. The highest BCUT2D eigenvalue weighted by molar-refractivity contribution is 9.10. The molecule has 0 bridgehead atoms. The number of halogens is 1. The van der Waals surface area contributed by atoms with E-state index in [1.165, 1.54) is 11.1 Å². The zero-order chi connectivity index (χ0) is 11.1. The van der Waals surface area contributed by atoms with Crippen molar-refractivity contribution in [2.45, 2.75) is 19.0 Å². The van der Waals surface area contributed by atoms with Gasteiger partial charge in [0.15, 0.2) is 0 Å². The molecule has 0 amide bonds. The van der Waals surface area contributed by atoms with Gasteiger partial charge >= 0.3 is 0 Å². The Kier molecular flexibility index (Phi) is 2.65. The van der Waals surface area contributed by atoms with E-state index >= 15 is 0 Å².